The van der Waals surface area contributed by atoms with E-state index in [-0.39, 0.29) is 11.3 Å². The molecule has 0 aliphatic heterocycles. The molecule has 1 heterocycles. The van der Waals surface area contributed by atoms with Gasteiger partial charge in [-0.15, -0.1) is 11.3 Å². The van der Waals surface area contributed by atoms with Gasteiger partial charge in [-0.25, -0.2) is 4.98 Å². The van der Waals surface area contributed by atoms with E-state index in [1.165, 1.54) is 37.0 Å². The minimum atomic E-state index is 0.0404. The Morgan fingerprint density at radius 3 is 2.45 bits per heavy atom. The van der Waals surface area contributed by atoms with Gasteiger partial charge in [0.15, 0.2) is 5.13 Å². The van der Waals surface area contributed by atoms with Crippen molar-refractivity contribution in [3.63, 3.8) is 0 Å². The molecule has 0 aromatic carbocycles. The number of unbranched alkanes of at least 4 members (excludes halogenated alkanes) is 5. The Labute approximate surface area is 127 Å². The molecule has 0 unspecified atom stereocenters. The molecule has 0 bridgehead atoms. The van der Waals surface area contributed by atoms with Crippen LogP contribution in [-0.4, -0.2) is 10.9 Å². The molecule has 0 atom stereocenters. The van der Waals surface area contributed by atoms with Gasteiger partial charge in [-0.05, 0) is 6.42 Å². The van der Waals surface area contributed by atoms with Crippen LogP contribution in [-0.2, 0) is 10.2 Å². The first-order valence-electron chi connectivity index (χ1n) is 7.69. The van der Waals surface area contributed by atoms with Crippen molar-refractivity contribution < 1.29 is 4.79 Å². The number of hydrogen-bond donors (Lipinski definition) is 1. The fraction of sp³-hybridized carbons (Fsp3) is 0.750. The van der Waals surface area contributed by atoms with Crippen LogP contribution < -0.4 is 5.32 Å². The van der Waals surface area contributed by atoms with E-state index in [1.807, 2.05) is 5.38 Å². The third-order valence-electron chi connectivity index (χ3n) is 3.28. The van der Waals surface area contributed by atoms with Crippen molar-refractivity contribution in [2.75, 3.05) is 5.32 Å². The molecule has 4 heteroatoms. The summed E-state index contributed by atoms with van der Waals surface area (Å²) < 4.78 is 0. The summed E-state index contributed by atoms with van der Waals surface area (Å²) in [6, 6.07) is 0. The smallest absolute Gasteiger partial charge is 0.226 e. The molecule has 1 aromatic heterocycles. The van der Waals surface area contributed by atoms with Crippen LogP contribution in [0.25, 0.3) is 0 Å². The normalized spacial score (nSPS) is 11.6. The quantitative estimate of drug-likeness (QED) is 0.676. The molecular weight excluding hydrogens is 268 g/mol. The maximum absolute atomic E-state index is 11.8. The van der Waals surface area contributed by atoms with Gasteiger partial charge in [0.25, 0.3) is 0 Å². The van der Waals surface area contributed by atoms with Gasteiger partial charge in [0.1, 0.15) is 0 Å². The highest BCUT2D eigenvalue weighted by molar-refractivity contribution is 7.13. The number of carbonyl (C=O) groups excluding carboxylic acids is 1. The van der Waals surface area contributed by atoms with Crippen LogP contribution in [0.1, 0.15) is 78.3 Å². The molecule has 0 radical (unpaired) electrons. The van der Waals surface area contributed by atoms with Crippen molar-refractivity contribution >= 4 is 22.4 Å². The van der Waals surface area contributed by atoms with Crippen LogP contribution >= 0.6 is 11.3 Å². The fourth-order valence-electron chi connectivity index (χ4n) is 1.92. The summed E-state index contributed by atoms with van der Waals surface area (Å²) in [5.41, 5.74) is 1.08. The number of carbonyl (C=O) groups is 1. The number of rotatable bonds is 8. The maximum Gasteiger partial charge on any atom is 0.226 e. The molecule has 0 spiro atoms. The van der Waals surface area contributed by atoms with Gasteiger partial charge in [0.05, 0.1) is 5.69 Å². The van der Waals surface area contributed by atoms with Crippen LogP contribution in [0.15, 0.2) is 5.38 Å². The first kappa shape index (κ1) is 17.2. The maximum atomic E-state index is 11.8. The van der Waals surface area contributed by atoms with Crippen molar-refractivity contribution in [1.82, 2.24) is 4.98 Å². The fourth-order valence-corrected chi connectivity index (χ4v) is 2.88. The van der Waals surface area contributed by atoms with Crippen molar-refractivity contribution in [2.45, 2.75) is 78.1 Å². The highest BCUT2D eigenvalue weighted by Crippen LogP contribution is 2.26. The van der Waals surface area contributed by atoms with Crippen LogP contribution in [0.4, 0.5) is 5.13 Å². The summed E-state index contributed by atoms with van der Waals surface area (Å²) in [4.78, 5) is 16.3. The lowest BCUT2D eigenvalue weighted by Gasteiger charge is -2.14. The van der Waals surface area contributed by atoms with E-state index >= 15 is 0 Å². The van der Waals surface area contributed by atoms with Gasteiger partial charge < -0.3 is 5.32 Å². The summed E-state index contributed by atoms with van der Waals surface area (Å²) >= 11 is 1.51. The predicted octanol–water partition coefficient (Wildman–Crippen LogP) is 5.13. The Kier molecular flexibility index (Phi) is 7.20. The molecular formula is C16H28N2OS. The number of nitrogens with one attached hydrogen (secondary N) is 1. The number of amides is 1. The molecule has 0 saturated carbocycles. The first-order chi connectivity index (χ1) is 9.43. The average molecular weight is 296 g/mol. The third-order valence-corrected chi connectivity index (χ3v) is 4.03. The molecule has 0 aliphatic carbocycles. The zero-order valence-corrected chi connectivity index (χ0v) is 14.1. The van der Waals surface area contributed by atoms with E-state index in [0.29, 0.717) is 6.42 Å². The van der Waals surface area contributed by atoms with Gasteiger partial charge >= 0.3 is 0 Å². The lowest BCUT2D eigenvalue weighted by Crippen LogP contribution is -2.13. The van der Waals surface area contributed by atoms with Gasteiger partial charge in [-0.3, -0.25) is 4.79 Å². The summed E-state index contributed by atoms with van der Waals surface area (Å²) in [6.45, 7) is 8.60. The standard InChI is InChI=1S/C16H28N2OS/c1-5-6-7-8-9-10-11-14(19)18-15-17-13(12-20-15)16(2,3)4/h12H,5-11H2,1-4H3,(H,17,18,19). The van der Waals surface area contributed by atoms with Gasteiger partial charge in [0, 0.05) is 17.2 Å². The Morgan fingerprint density at radius 1 is 1.20 bits per heavy atom. The first-order valence-corrected chi connectivity index (χ1v) is 8.57. The number of hydrogen-bond acceptors (Lipinski definition) is 3. The summed E-state index contributed by atoms with van der Waals surface area (Å²) in [5.74, 6) is 0.0929. The molecule has 3 nitrogen and oxygen atoms in total. The van der Waals surface area contributed by atoms with E-state index in [1.54, 1.807) is 0 Å². The molecule has 1 rings (SSSR count). The molecule has 1 aromatic rings. The van der Waals surface area contributed by atoms with E-state index in [9.17, 15) is 4.79 Å². The molecule has 0 fully saturated rings. The largest absolute Gasteiger partial charge is 0.302 e. The second kappa shape index (κ2) is 8.40. The number of nitrogens with zero attached hydrogens (tertiary/aromatic N) is 1. The van der Waals surface area contributed by atoms with Crippen LogP contribution in [0.3, 0.4) is 0 Å². The van der Waals surface area contributed by atoms with Gasteiger partial charge in [0.2, 0.25) is 5.91 Å². The molecule has 1 amide bonds. The van der Waals surface area contributed by atoms with E-state index < -0.39 is 0 Å². The number of thiazole rings is 1. The Bertz CT molecular complexity index is 407. The lowest BCUT2D eigenvalue weighted by atomic mass is 9.93. The second-order valence-corrected chi connectivity index (χ2v) is 7.21. The van der Waals surface area contributed by atoms with Crippen molar-refractivity contribution in [3.05, 3.63) is 11.1 Å². The molecule has 114 valence electrons. The molecule has 0 aliphatic rings. The van der Waals surface area contributed by atoms with Gasteiger partial charge in [-0.1, -0.05) is 59.8 Å². The molecule has 20 heavy (non-hydrogen) atoms. The van der Waals surface area contributed by atoms with Crippen LogP contribution in [0.2, 0.25) is 0 Å². The second-order valence-electron chi connectivity index (χ2n) is 6.35. The summed E-state index contributed by atoms with van der Waals surface area (Å²) in [5, 5.41) is 5.66. The van der Waals surface area contributed by atoms with E-state index in [0.717, 1.165) is 23.7 Å². The zero-order valence-electron chi connectivity index (χ0n) is 13.3. The minimum Gasteiger partial charge on any atom is -0.302 e. The molecule has 0 saturated heterocycles. The highest BCUT2D eigenvalue weighted by Gasteiger charge is 2.17. The van der Waals surface area contributed by atoms with Crippen molar-refractivity contribution in [3.8, 4) is 0 Å². The van der Waals surface area contributed by atoms with Gasteiger partial charge in [-0.2, -0.15) is 0 Å². The summed E-state index contributed by atoms with van der Waals surface area (Å²) in [6.07, 6.45) is 7.84. The topological polar surface area (TPSA) is 42.0 Å². The Balaban J connectivity index is 2.24. The third kappa shape index (κ3) is 6.51. The average Bonchev–Trinajstić information content (AvgIpc) is 2.82. The predicted molar refractivity (Wildman–Crippen MR) is 87.4 cm³/mol. The summed E-state index contributed by atoms with van der Waals surface area (Å²) in [7, 11) is 0. The SMILES string of the molecule is CCCCCCCCC(=O)Nc1nc(C(C)(C)C)cs1. The van der Waals surface area contributed by atoms with Crippen LogP contribution in [0, 0.1) is 0 Å². The lowest BCUT2D eigenvalue weighted by molar-refractivity contribution is -0.116. The molecule has 1 N–H and O–H groups in total. The van der Waals surface area contributed by atoms with Crippen LogP contribution in [0.5, 0.6) is 0 Å². The number of aromatic nitrogens is 1. The van der Waals surface area contributed by atoms with E-state index in [4.69, 9.17) is 0 Å². The van der Waals surface area contributed by atoms with E-state index in [2.05, 4.69) is 38.0 Å². The Morgan fingerprint density at radius 2 is 1.85 bits per heavy atom. The van der Waals surface area contributed by atoms with Crippen molar-refractivity contribution in [1.29, 1.82) is 0 Å². The van der Waals surface area contributed by atoms with Crippen molar-refractivity contribution in [2.24, 2.45) is 0 Å². The minimum absolute atomic E-state index is 0.0404. The Hall–Kier alpha value is -0.900. The monoisotopic (exact) mass is 296 g/mol. The highest BCUT2D eigenvalue weighted by atomic mass is 32.1. The number of anilines is 1. The zero-order chi connectivity index (χ0) is 15.0.